The molecule has 1 saturated heterocycles. The first-order valence-electron chi connectivity index (χ1n) is 6.52. The van der Waals surface area contributed by atoms with Crippen LogP contribution >= 0.6 is 0 Å². The number of ether oxygens (including phenoxy) is 1. The van der Waals surface area contributed by atoms with E-state index in [4.69, 9.17) is 10.5 Å². The Labute approximate surface area is 104 Å². The van der Waals surface area contributed by atoms with Gasteiger partial charge in [-0.15, -0.1) is 0 Å². The molecule has 0 bridgehead atoms. The van der Waals surface area contributed by atoms with Gasteiger partial charge in [0.05, 0.1) is 0 Å². The summed E-state index contributed by atoms with van der Waals surface area (Å²) < 4.78 is 5.27. The van der Waals surface area contributed by atoms with Crippen molar-refractivity contribution >= 4 is 5.91 Å². The highest BCUT2D eigenvalue weighted by atomic mass is 16.5. The minimum absolute atomic E-state index is 0.0602. The van der Waals surface area contributed by atoms with Crippen LogP contribution in [-0.4, -0.2) is 42.6 Å². The average Bonchev–Trinajstić information content (AvgIpc) is 2.36. The quantitative estimate of drug-likeness (QED) is 0.810. The van der Waals surface area contributed by atoms with E-state index in [9.17, 15) is 4.79 Å². The van der Waals surface area contributed by atoms with Gasteiger partial charge in [-0.25, -0.2) is 0 Å². The van der Waals surface area contributed by atoms with E-state index in [1.165, 1.54) is 6.42 Å². The number of carbonyl (C=O) groups is 1. The number of amides is 1. The molecule has 1 aliphatic heterocycles. The van der Waals surface area contributed by atoms with Gasteiger partial charge in [0.2, 0.25) is 0 Å². The number of nitrogens with zero attached hydrogens (tertiary/aromatic N) is 1. The third-order valence-corrected chi connectivity index (χ3v) is 3.96. The summed E-state index contributed by atoms with van der Waals surface area (Å²) in [6.45, 7) is 7.19. The highest BCUT2D eigenvalue weighted by Crippen LogP contribution is 2.27. The van der Waals surface area contributed by atoms with E-state index in [1.54, 1.807) is 7.11 Å². The molecule has 2 unspecified atom stereocenters. The Morgan fingerprint density at radius 1 is 1.53 bits per heavy atom. The van der Waals surface area contributed by atoms with E-state index in [-0.39, 0.29) is 11.9 Å². The zero-order valence-electron chi connectivity index (χ0n) is 11.5. The van der Waals surface area contributed by atoms with Crippen molar-refractivity contribution in [2.24, 2.45) is 11.7 Å². The lowest BCUT2D eigenvalue weighted by Gasteiger charge is -2.42. The van der Waals surface area contributed by atoms with Gasteiger partial charge in [-0.1, -0.05) is 13.3 Å². The Kier molecular flexibility index (Phi) is 4.95. The Bertz CT molecular complexity index is 266. The van der Waals surface area contributed by atoms with Gasteiger partial charge in [0.1, 0.15) is 5.60 Å². The van der Waals surface area contributed by atoms with Crippen LogP contribution < -0.4 is 5.73 Å². The summed E-state index contributed by atoms with van der Waals surface area (Å²) in [4.78, 5) is 14.3. The maximum absolute atomic E-state index is 12.4. The number of likely N-dealkylation sites (tertiary alicyclic amines) is 1. The molecular weight excluding hydrogens is 216 g/mol. The molecule has 0 saturated carbocycles. The Balaban J connectivity index is 2.73. The fourth-order valence-corrected chi connectivity index (χ4v) is 2.43. The standard InChI is InChI=1S/C13H26N2O2/c1-5-10-6-7-15(11(8-10)9-14)12(16)13(2,3)17-4/h10-11H,5-9,14H2,1-4H3. The molecule has 0 aromatic carbocycles. The van der Waals surface area contributed by atoms with Gasteiger partial charge < -0.3 is 15.4 Å². The predicted octanol–water partition coefficient (Wildman–Crippen LogP) is 1.39. The molecule has 0 spiro atoms. The first-order chi connectivity index (χ1) is 7.96. The maximum atomic E-state index is 12.4. The second-order valence-electron chi connectivity index (χ2n) is 5.40. The zero-order chi connectivity index (χ0) is 13.1. The highest BCUT2D eigenvalue weighted by Gasteiger charge is 2.37. The van der Waals surface area contributed by atoms with Crippen LogP contribution in [0.1, 0.15) is 40.0 Å². The summed E-state index contributed by atoms with van der Waals surface area (Å²) in [6, 6.07) is 0.177. The van der Waals surface area contributed by atoms with E-state index in [1.807, 2.05) is 18.7 Å². The van der Waals surface area contributed by atoms with Crippen molar-refractivity contribution in [3.8, 4) is 0 Å². The number of carbonyl (C=O) groups excluding carboxylic acids is 1. The van der Waals surface area contributed by atoms with Gasteiger partial charge in [-0.2, -0.15) is 0 Å². The fraction of sp³-hybridized carbons (Fsp3) is 0.923. The van der Waals surface area contributed by atoms with Crippen LogP contribution in [0.2, 0.25) is 0 Å². The van der Waals surface area contributed by atoms with Crippen LogP contribution in [0.5, 0.6) is 0 Å². The first-order valence-corrected chi connectivity index (χ1v) is 6.52. The van der Waals surface area contributed by atoms with E-state index < -0.39 is 5.60 Å². The molecule has 2 N–H and O–H groups in total. The molecule has 1 heterocycles. The second-order valence-corrected chi connectivity index (χ2v) is 5.40. The molecule has 17 heavy (non-hydrogen) atoms. The average molecular weight is 242 g/mol. The lowest BCUT2D eigenvalue weighted by molar-refractivity contribution is -0.155. The van der Waals surface area contributed by atoms with Crippen molar-refractivity contribution in [2.45, 2.75) is 51.7 Å². The number of methoxy groups -OCH3 is 1. The van der Waals surface area contributed by atoms with Crippen LogP contribution in [0.4, 0.5) is 0 Å². The molecule has 1 amide bonds. The summed E-state index contributed by atoms with van der Waals surface area (Å²) in [7, 11) is 1.58. The van der Waals surface area contributed by atoms with Crippen molar-refractivity contribution in [2.75, 3.05) is 20.2 Å². The van der Waals surface area contributed by atoms with Crippen LogP contribution in [0.3, 0.4) is 0 Å². The van der Waals surface area contributed by atoms with Crippen molar-refractivity contribution < 1.29 is 9.53 Å². The van der Waals surface area contributed by atoms with Crippen molar-refractivity contribution in [3.05, 3.63) is 0 Å². The van der Waals surface area contributed by atoms with Crippen molar-refractivity contribution in [3.63, 3.8) is 0 Å². The van der Waals surface area contributed by atoms with Gasteiger partial charge >= 0.3 is 0 Å². The Morgan fingerprint density at radius 3 is 2.65 bits per heavy atom. The van der Waals surface area contributed by atoms with Crippen LogP contribution in [-0.2, 0) is 9.53 Å². The zero-order valence-corrected chi connectivity index (χ0v) is 11.5. The maximum Gasteiger partial charge on any atom is 0.254 e. The second kappa shape index (κ2) is 5.83. The topological polar surface area (TPSA) is 55.6 Å². The minimum Gasteiger partial charge on any atom is -0.369 e. The van der Waals surface area contributed by atoms with Gasteiger partial charge in [0, 0.05) is 26.2 Å². The normalized spacial score (nSPS) is 26.1. The SMILES string of the molecule is CCC1CCN(C(=O)C(C)(C)OC)C(CN)C1. The smallest absolute Gasteiger partial charge is 0.254 e. The largest absolute Gasteiger partial charge is 0.369 e. The third-order valence-electron chi connectivity index (χ3n) is 3.96. The lowest BCUT2D eigenvalue weighted by atomic mass is 9.88. The van der Waals surface area contributed by atoms with Gasteiger partial charge in [-0.05, 0) is 32.6 Å². The van der Waals surface area contributed by atoms with E-state index in [0.29, 0.717) is 12.5 Å². The summed E-state index contributed by atoms with van der Waals surface area (Å²) in [5.74, 6) is 0.767. The molecule has 100 valence electrons. The summed E-state index contributed by atoms with van der Waals surface area (Å²) in [5, 5.41) is 0. The molecule has 0 aliphatic carbocycles. The molecule has 1 aliphatic rings. The van der Waals surface area contributed by atoms with Crippen molar-refractivity contribution in [1.82, 2.24) is 4.90 Å². The molecule has 1 fully saturated rings. The Morgan fingerprint density at radius 2 is 2.18 bits per heavy atom. The number of rotatable bonds is 4. The predicted molar refractivity (Wildman–Crippen MR) is 68.7 cm³/mol. The fourth-order valence-electron chi connectivity index (χ4n) is 2.43. The van der Waals surface area contributed by atoms with Gasteiger partial charge in [-0.3, -0.25) is 4.79 Å². The summed E-state index contributed by atoms with van der Waals surface area (Å²) in [5.41, 5.74) is 5.05. The van der Waals surface area contributed by atoms with E-state index >= 15 is 0 Å². The Hall–Kier alpha value is -0.610. The van der Waals surface area contributed by atoms with E-state index in [2.05, 4.69) is 6.92 Å². The highest BCUT2D eigenvalue weighted by molar-refractivity contribution is 5.84. The molecule has 4 heteroatoms. The molecule has 0 aromatic heterocycles. The number of piperidine rings is 1. The van der Waals surface area contributed by atoms with Crippen molar-refractivity contribution in [1.29, 1.82) is 0 Å². The van der Waals surface area contributed by atoms with Gasteiger partial charge in [0.25, 0.3) is 5.91 Å². The van der Waals surface area contributed by atoms with Crippen LogP contribution in [0.15, 0.2) is 0 Å². The van der Waals surface area contributed by atoms with Crippen LogP contribution in [0.25, 0.3) is 0 Å². The van der Waals surface area contributed by atoms with Crippen LogP contribution in [0, 0.1) is 5.92 Å². The number of hydrogen-bond acceptors (Lipinski definition) is 3. The number of hydrogen-bond donors (Lipinski definition) is 1. The summed E-state index contributed by atoms with van der Waals surface area (Å²) in [6.07, 6.45) is 3.28. The third kappa shape index (κ3) is 3.19. The molecule has 1 rings (SSSR count). The molecule has 0 aromatic rings. The van der Waals surface area contributed by atoms with E-state index in [0.717, 1.165) is 19.4 Å². The lowest BCUT2D eigenvalue weighted by Crippen LogP contribution is -2.55. The molecule has 4 nitrogen and oxygen atoms in total. The minimum atomic E-state index is -0.744. The first kappa shape index (κ1) is 14.5. The monoisotopic (exact) mass is 242 g/mol. The van der Waals surface area contributed by atoms with Gasteiger partial charge in [0.15, 0.2) is 0 Å². The summed E-state index contributed by atoms with van der Waals surface area (Å²) >= 11 is 0. The molecule has 0 radical (unpaired) electrons. The number of nitrogens with two attached hydrogens (primary N) is 1. The molecule has 2 atom stereocenters. The molecular formula is C13H26N2O2.